The van der Waals surface area contributed by atoms with Crippen LogP contribution in [0.3, 0.4) is 0 Å². The predicted octanol–water partition coefficient (Wildman–Crippen LogP) is 2.24. The molecule has 0 aromatic carbocycles. The second-order valence-corrected chi connectivity index (χ2v) is 6.76. The number of rotatable bonds is 4. The first kappa shape index (κ1) is 13.8. The summed E-state index contributed by atoms with van der Waals surface area (Å²) in [5.41, 5.74) is 1.17. The molecule has 0 spiro atoms. The number of halogens is 1. The fraction of sp³-hybridized carbons (Fsp3) is 0.400. The van der Waals surface area contributed by atoms with E-state index in [9.17, 15) is 4.79 Å². The molecule has 6 nitrogen and oxygen atoms in total. The topological polar surface area (TPSA) is 71.2 Å². The Hall–Kier alpha value is -1.89. The highest BCUT2D eigenvalue weighted by atomic mass is 79.9. The van der Waals surface area contributed by atoms with E-state index in [2.05, 4.69) is 30.9 Å². The van der Waals surface area contributed by atoms with Crippen molar-refractivity contribution < 1.29 is 9.90 Å². The van der Waals surface area contributed by atoms with Crippen LogP contribution in [-0.2, 0) is 6.54 Å². The van der Waals surface area contributed by atoms with Gasteiger partial charge in [0.2, 0.25) is 0 Å². The summed E-state index contributed by atoms with van der Waals surface area (Å²) in [6.45, 7) is 2.72. The monoisotopic (exact) mass is 362 g/mol. The Morgan fingerprint density at radius 2 is 2.14 bits per heavy atom. The summed E-state index contributed by atoms with van der Waals surface area (Å²) in [4.78, 5) is 17.8. The van der Waals surface area contributed by atoms with Gasteiger partial charge in [0.1, 0.15) is 10.4 Å². The highest BCUT2D eigenvalue weighted by Crippen LogP contribution is 2.46. The molecule has 2 aromatic rings. The standard InChI is InChI=1S/C15H15BrN4O2/c16-14-9(7-20-8-12(4-17-20)15(21)22)1-2-13(18-14)19-5-10-3-11(10)6-19/h1-2,4,8,10-11H,3,5-7H2,(H,21,22). The zero-order valence-electron chi connectivity index (χ0n) is 11.8. The van der Waals surface area contributed by atoms with Gasteiger partial charge in [-0.05, 0) is 40.3 Å². The molecular weight excluding hydrogens is 348 g/mol. The molecular formula is C15H15BrN4O2. The number of fused-ring (bicyclic) bond motifs is 1. The van der Waals surface area contributed by atoms with Crippen LogP contribution in [0.4, 0.5) is 5.82 Å². The van der Waals surface area contributed by atoms with Crippen molar-refractivity contribution in [3.05, 3.63) is 40.3 Å². The van der Waals surface area contributed by atoms with Gasteiger partial charge in [0, 0.05) is 24.8 Å². The Kier molecular flexibility index (Phi) is 3.18. The van der Waals surface area contributed by atoms with Crippen LogP contribution in [-0.4, -0.2) is 38.9 Å². The van der Waals surface area contributed by atoms with Gasteiger partial charge in [0.05, 0.1) is 18.3 Å². The lowest BCUT2D eigenvalue weighted by molar-refractivity contribution is 0.0697. The molecule has 22 heavy (non-hydrogen) atoms. The zero-order chi connectivity index (χ0) is 15.3. The van der Waals surface area contributed by atoms with Crippen LogP contribution in [0.25, 0.3) is 0 Å². The van der Waals surface area contributed by atoms with Crippen molar-refractivity contribution in [2.45, 2.75) is 13.0 Å². The molecule has 7 heteroatoms. The molecule has 114 valence electrons. The van der Waals surface area contributed by atoms with Crippen LogP contribution in [0.1, 0.15) is 22.3 Å². The first-order valence-corrected chi connectivity index (χ1v) is 8.05. The molecule has 2 atom stereocenters. The minimum Gasteiger partial charge on any atom is -0.478 e. The van der Waals surface area contributed by atoms with Gasteiger partial charge in [-0.3, -0.25) is 4.68 Å². The summed E-state index contributed by atoms with van der Waals surface area (Å²) in [7, 11) is 0. The van der Waals surface area contributed by atoms with E-state index in [0.717, 1.165) is 40.9 Å². The lowest BCUT2D eigenvalue weighted by Crippen LogP contribution is -2.23. The van der Waals surface area contributed by atoms with Crippen LogP contribution < -0.4 is 4.90 Å². The van der Waals surface area contributed by atoms with Crippen molar-refractivity contribution in [3.63, 3.8) is 0 Å². The molecule has 0 bridgehead atoms. The summed E-state index contributed by atoms with van der Waals surface area (Å²) >= 11 is 3.52. The normalized spacial score (nSPS) is 22.7. The molecule has 1 saturated carbocycles. The maximum absolute atomic E-state index is 10.9. The van der Waals surface area contributed by atoms with Crippen molar-refractivity contribution >= 4 is 27.7 Å². The van der Waals surface area contributed by atoms with Crippen LogP contribution in [0.2, 0.25) is 0 Å². The fourth-order valence-electron chi connectivity index (χ4n) is 3.07. The third-order valence-corrected chi connectivity index (χ3v) is 5.11. The van der Waals surface area contributed by atoms with Gasteiger partial charge in [-0.2, -0.15) is 5.10 Å². The summed E-state index contributed by atoms with van der Waals surface area (Å²) in [5.74, 6) is 1.79. The van der Waals surface area contributed by atoms with Crippen molar-refractivity contribution in [1.82, 2.24) is 14.8 Å². The Morgan fingerprint density at radius 3 is 2.77 bits per heavy atom. The molecule has 3 heterocycles. The smallest absolute Gasteiger partial charge is 0.338 e. The van der Waals surface area contributed by atoms with E-state index in [1.54, 1.807) is 4.68 Å². The van der Waals surface area contributed by atoms with E-state index in [4.69, 9.17) is 5.11 Å². The fourth-order valence-corrected chi connectivity index (χ4v) is 3.51. The number of carboxylic acid groups (broad SMARTS) is 1. The molecule has 2 fully saturated rings. The van der Waals surface area contributed by atoms with Crippen molar-refractivity contribution in [1.29, 1.82) is 0 Å². The maximum Gasteiger partial charge on any atom is 0.338 e. The third-order valence-electron chi connectivity index (χ3n) is 4.43. The molecule has 1 saturated heterocycles. The molecule has 2 aromatic heterocycles. The van der Waals surface area contributed by atoms with Crippen molar-refractivity contribution in [3.8, 4) is 0 Å². The molecule has 1 aliphatic heterocycles. The number of pyridine rings is 1. The Bertz CT molecular complexity index is 735. The zero-order valence-corrected chi connectivity index (χ0v) is 13.4. The number of nitrogens with zero attached hydrogens (tertiary/aromatic N) is 4. The largest absolute Gasteiger partial charge is 0.478 e. The number of piperidine rings is 1. The second-order valence-electron chi connectivity index (χ2n) is 6.01. The molecule has 2 unspecified atom stereocenters. The Balaban J connectivity index is 1.50. The summed E-state index contributed by atoms with van der Waals surface area (Å²) in [5, 5.41) is 13.0. The number of carbonyl (C=O) groups is 1. The third kappa shape index (κ3) is 2.49. The van der Waals surface area contributed by atoms with E-state index in [-0.39, 0.29) is 5.56 Å². The Labute approximate surface area is 135 Å². The number of aromatic carboxylic acids is 1. The van der Waals surface area contributed by atoms with E-state index < -0.39 is 5.97 Å². The molecule has 0 amide bonds. The SMILES string of the molecule is O=C(O)c1cnn(Cc2ccc(N3CC4CC4C3)nc2Br)c1. The number of hydrogen-bond acceptors (Lipinski definition) is 4. The average Bonchev–Trinajstić information content (AvgIpc) is 2.89. The summed E-state index contributed by atoms with van der Waals surface area (Å²) in [6, 6.07) is 4.06. The first-order valence-electron chi connectivity index (χ1n) is 7.26. The quantitative estimate of drug-likeness (QED) is 0.844. The van der Waals surface area contributed by atoms with E-state index in [0.29, 0.717) is 6.54 Å². The van der Waals surface area contributed by atoms with E-state index in [1.165, 1.54) is 18.8 Å². The average molecular weight is 363 g/mol. The van der Waals surface area contributed by atoms with Crippen LogP contribution in [0.15, 0.2) is 29.1 Å². The molecule has 4 rings (SSSR count). The van der Waals surface area contributed by atoms with Gasteiger partial charge in [-0.15, -0.1) is 0 Å². The van der Waals surface area contributed by atoms with Gasteiger partial charge >= 0.3 is 5.97 Å². The minimum absolute atomic E-state index is 0.192. The van der Waals surface area contributed by atoms with E-state index >= 15 is 0 Å². The summed E-state index contributed by atoms with van der Waals surface area (Å²) < 4.78 is 2.40. The number of carboxylic acids is 1. The maximum atomic E-state index is 10.9. The molecule has 2 aliphatic rings. The number of aromatic nitrogens is 3. The molecule has 1 N–H and O–H groups in total. The van der Waals surface area contributed by atoms with Gasteiger partial charge in [0.25, 0.3) is 0 Å². The van der Waals surface area contributed by atoms with Gasteiger partial charge in [-0.1, -0.05) is 6.07 Å². The van der Waals surface area contributed by atoms with E-state index in [1.807, 2.05) is 12.1 Å². The molecule has 0 radical (unpaired) electrons. The summed E-state index contributed by atoms with van der Waals surface area (Å²) in [6.07, 6.45) is 4.26. The molecule has 1 aliphatic carbocycles. The van der Waals surface area contributed by atoms with Gasteiger partial charge in [-0.25, -0.2) is 9.78 Å². The lowest BCUT2D eigenvalue weighted by atomic mass is 10.2. The van der Waals surface area contributed by atoms with Crippen LogP contribution >= 0.6 is 15.9 Å². The number of anilines is 1. The van der Waals surface area contributed by atoms with Gasteiger partial charge < -0.3 is 10.0 Å². The van der Waals surface area contributed by atoms with Crippen LogP contribution in [0, 0.1) is 11.8 Å². The Morgan fingerprint density at radius 1 is 1.36 bits per heavy atom. The number of hydrogen-bond donors (Lipinski definition) is 1. The van der Waals surface area contributed by atoms with Crippen LogP contribution in [0.5, 0.6) is 0 Å². The first-order chi connectivity index (χ1) is 10.6. The van der Waals surface area contributed by atoms with Crippen molar-refractivity contribution in [2.75, 3.05) is 18.0 Å². The second kappa shape index (κ2) is 5.08. The van der Waals surface area contributed by atoms with Crippen molar-refractivity contribution in [2.24, 2.45) is 11.8 Å². The van der Waals surface area contributed by atoms with Gasteiger partial charge in [0.15, 0.2) is 0 Å². The highest BCUT2D eigenvalue weighted by Gasteiger charge is 2.45. The lowest BCUT2D eigenvalue weighted by Gasteiger charge is -2.19. The minimum atomic E-state index is -0.966. The highest BCUT2D eigenvalue weighted by molar-refractivity contribution is 9.10. The predicted molar refractivity (Wildman–Crippen MR) is 84.0 cm³/mol.